The number of rotatable bonds is 6. The van der Waals surface area contributed by atoms with Crippen molar-refractivity contribution in [1.82, 2.24) is 0 Å². The molecule has 5 heteroatoms. The van der Waals surface area contributed by atoms with Gasteiger partial charge in [-0.2, -0.15) is 0 Å². The standard InChI is InChI=1S/C19H20ClNO2S/c20-15-8-9-17-16(11-15)18(24-13-19(22)21-17)7-4-10-23-12-14-5-2-1-3-6-14/h1-3,5-6,8-9,11,18H,4,7,10,12-13H2,(H,21,22). The zero-order valence-corrected chi connectivity index (χ0v) is 14.9. The van der Waals surface area contributed by atoms with E-state index in [2.05, 4.69) is 17.4 Å². The Morgan fingerprint density at radius 2 is 2.04 bits per heavy atom. The molecule has 2 aromatic carbocycles. The molecule has 1 unspecified atom stereocenters. The lowest BCUT2D eigenvalue weighted by atomic mass is 10.1. The van der Waals surface area contributed by atoms with Crippen LogP contribution in [0.5, 0.6) is 0 Å². The third kappa shape index (κ3) is 4.76. The number of hydrogen-bond acceptors (Lipinski definition) is 3. The summed E-state index contributed by atoms with van der Waals surface area (Å²) < 4.78 is 5.76. The number of carbonyl (C=O) groups is 1. The first-order valence-electron chi connectivity index (χ1n) is 8.05. The van der Waals surface area contributed by atoms with Gasteiger partial charge in [0, 0.05) is 22.6 Å². The molecule has 1 atom stereocenters. The van der Waals surface area contributed by atoms with Crippen molar-refractivity contribution in [2.75, 3.05) is 17.7 Å². The van der Waals surface area contributed by atoms with Gasteiger partial charge in [-0.05, 0) is 42.2 Å². The minimum Gasteiger partial charge on any atom is -0.377 e. The normalized spacial score (nSPS) is 17.0. The van der Waals surface area contributed by atoms with Gasteiger partial charge in [-0.25, -0.2) is 0 Å². The van der Waals surface area contributed by atoms with Crippen molar-refractivity contribution in [2.24, 2.45) is 0 Å². The minimum absolute atomic E-state index is 0.0476. The summed E-state index contributed by atoms with van der Waals surface area (Å²) in [7, 11) is 0. The third-order valence-corrected chi connectivity index (χ3v) is 5.47. The molecule has 0 aliphatic carbocycles. The fourth-order valence-corrected chi connectivity index (χ4v) is 4.05. The van der Waals surface area contributed by atoms with Crippen LogP contribution in [0.1, 0.15) is 29.2 Å². The number of hydrogen-bond donors (Lipinski definition) is 1. The van der Waals surface area contributed by atoms with E-state index in [1.807, 2.05) is 36.4 Å². The summed E-state index contributed by atoms with van der Waals surface area (Å²) in [4.78, 5) is 11.8. The van der Waals surface area contributed by atoms with E-state index in [9.17, 15) is 4.79 Å². The van der Waals surface area contributed by atoms with E-state index in [1.165, 1.54) is 5.56 Å². The second kappa shape index (κ2) is 8.56. The summed E-state index contributed by atoms with van der Waals surface area (Å²) in [5.41, 5.74) is 3.18. The SMILES string of the molecule is O=C1CSC(CCCOCc2ccccc2)c2cc(Cl)ccc2N1. The molecular formula is C19H20ClNO2S. The van der Waals surface area contributed by atoms with Gasteiger partial charge in [0.25, 0.3) is 0 Å². The summed E-state index contributed by atoms with van der Waals surface area (Å²) in [6, 6.07) is 15.8. The molecule has 0 bridgehead atoms. The Balaban J connectivity index is 1.53. The van der Waals surface area contributed by atoms with Gasteiger partial charge in [-0.3, -0.25) is 4.79 Å². The lowest BCUT2D eigenvalue weighted by Gasteiger charge is -2.16. The van der Waals surface area contributed by atoms with E-state index in [-0.39, 0.29) is 11.2 Å². The lowest BCUT2D eigenvalue weighted by molar-refractivity contribution is -0.113. The van der Waals surface area contributed by atoms with E-state index in [0.29, 0.717) is 24.0 Å². The Kier molecular flexibility index (Phi) is 6.18. The average molecular weight is 362 g/mol. The van der Waals surface area contributed by atoms with E-state index >= 15 is 0 Å². The number of ether oxygens (including phenoxy) is 1. The predicted molar refractivity (Wildman–Crippen MR) is 101 cm³/mol. The molecule has 0 fully saturated rings. The van der Waals surface area contributed by atoms with Gasteiger partial charge in [0.05, 0.1) is 12.4 Å². The number of carbonyl (C=O) groups excluding carboxylic acids is 1. The minimum atomic E-state index is 0.0476. The Morgan fingerprint density at radius 3 is 2.88 bits per heavy atom. The molecule has 0 radical (unpaired) electrons. The molecule has 1 aliphatic heterocycles. The second-order valence-electron chi connectivity index (χ2n) is 5.76. The first kappa shape index (κ1) is 17.3. The topological polar surface area (TPSA) is 38.3 Å². The highest BCUT2D eigenvalue weighted by Gasteiger charge is 2.22. The summed E-state index contributed by atoms with van der Waals surface area (Å²) >= 11 is 7.81. The number of nitrogens with one attached hydrogen (secondary N) is 1. The van der Waals surface area contributed by atoms with Crippen LogP contribution in [-0.4, -0.2) is 18.3 Å². The zero-order valence-electron chi connectivity index (χ0n) is 13.3. The van der Waals surface area contributed by atoms with Gasteiger partial charge >= 0.3 is 0 Å². The maximum atomic E-state index is 11.8. The van der Waals surface area contributed by atoms with Crippen LogP contribution in [0.3, 0.4) is 0 Å². The van der Waals surface area contributed by atoms with E-state index < -0.39 is 0 Å². The van der Waals surface area contributed by atoms with Crippen LogP contribution in [0.25, 0.3) is 0 Å². The Morgan fingerprint density at radius 1 is 1.21 bits per heavy atom. The number of halogens is 1. The van der Waals surface area contributed by atoms with Crippen LogP contribution in [0.4, 0.5) is 5.69 Å². The first-order chi connectivity index (χ1) is 11.7. The fraction of sp³-hybridized carbons (Fsp3) is 0.316. The molecule has 2 aromatic rings. The molecule has 1 N–H and O–H groups in total. The van der Waals surface area contributed by atoms with Crippen molar-refractivity contribution in [3.8, 4) is 0 Å². The van der Waals surface area contributed by atoms with Crippen molar-refractivity contribution in [1.29, 1.82) is 0 Å². The van der Waals surface area contributed by atoms with Gasteiger partial charge in [0.1, 0.15) is 0 Å². The molecule has 126 valence electrons. The first-order valence-corrected chi connectivity index (χ1v) is 9.47. The van der Waals surface area contributed by atoms with Gasteiger partial charge in [-0.1, -0.05) is 41.9 Å². The Labute approximate surface area is 151 Å². The van der Waals surface area contributed by atoms with Crippen molar-refractivity contribution >= 4 is 35.0 Å². The van der Waals surface area contributed by atoms with Crippen LogP contribution in [0, 0.1) is 0 Å². The smallest absolute Gasteiger partial charge is 0.234 e. The predicted octanol–water partition coefficient (Wildman–Crippen LogP) is 5.06. The summed E-state index contributed by atoms with van der Waals surface area (Å²) in [5.74, 6) is 0.522. The quantitative estimate of drug-likeness (QED) is 0.730. The molecule has 0 saturated carbocycles. The van der Waals surface area contributed by atoms with Crippen LogP contribution >= 0.6 is 23.4 Å². The van der Waals surface area contributed by atoms with E-state index in [0.717, 1.165) is 24.1 Å². The summed E-state index contributed by atoms with van der Waals surface area (Å²) in [6.07, 6.45) is 1.91. The average Bonchev–Trinajstić information content (AvgIpc) is 2.74. The van der Waals surface area contributed by atoms with E-state index in [4.69, 9.17) is 16.3 Å². The largest absolute Gasteiger partial charge is 0.377 e. The van der Waals surface area contributed by atoms with Crippen molar-refractivity contribution in [3.63, 3.8) is 0 Å². The van der Waals surface area contributed by atoms with Gasteiger partial charge in [0.2, 0.25) is 5.91 Å². The highest BCUT2D eigenvalue weighted by atomic mass is 35.5. The van der Waals surface area contributed by atoms with Crippen molar-refractivity contribution in [3.05, 3.63) is 64.7 Å². The Bertz CT molecular complexity index is 693. The molecule has 0 saturated heterocycles. The Hall–Kier alpha value is -1.49. The number of thioether (sulfide) groups is 1. The van der Waals surface area contributed by atoms with Crippen LogP contribution in [0.15, 0.2) is 48.5 Å². The monoisotopic (exact) mass is 361 g/mol. The van der Waals surface area contributed by atoms with Gasteiger partial charge in [-0.15, -0.1) is 11.8 Å². The zero-order chi connectivity index (χ0) is 16.8. The molecule has 24 heavy (non-hydrogen) atoms. The van der Waals surface area contributed by atoms with E-state index in [1.54, 1.807) is 11.8 Å². The molecule has 1 amide bonds. The molecule has 1 heterocycles. The number of benzene rings is 2. The molecule has 0 spiro atoms. The fourth-order valence-electron chi connectivity index (χ4n) is 2.74. The van der Waals surface area contributed by atoms with Crippen molar-refractivity contribution < 1.29 is 9.53 Å². The van der Waals surface area contributed by atoms with Crippen LogP contribution in [0.2, 0.25) is 5.02 Å². The number of fused-ring (bicyclic) bond motifs is 1. The summed E-state index contributed by atoms with van der Waals surface area (Å²) in [6.45, 7) is 1.35. The number of amides is 1. The molecular weight excluding hydrogens is 342 g/mol. The number of anilines is 1. The van der Waals surface area contributed by atoms with Gasteiger partial charge < -0.3 is 10.1 Å². The van der Waals surface area contributed by atoms with Crippen LogP contribution < -0.4 is 5.32 Å². The molecule has 3 rings (SSSR count). The van der Waals surface area contributed by atoms with Crippen molar-refractivity contribution in [2.45, 2.75) is 24.7 Å². The lowest BCUT2D eigenvalue weighted by Crippen LogP contribution is -2.12. The third-order valence-electron chi connectivity index (χ3n) is 3.92. The molecule has 0 aromatic heterocycles. The van der Waals surface area contributed by atoms with Crippen LogP contribution in [-0.2, 0) is 16.1 Å². The maximum Gasteiger partial charge on any atom is 0.234 e. The highest BCUT2D eigenvalue weighted by molar-refractivity contribution is 8.00. The second-order valence-corrected chi connectivity index (χ2v) is 7.39. The molecule has 3 nitrogen and oxygen atoms in total. The van der Waals surface area contributed by atoms with Gasteiger partial charge in [0.15, 0.2) is 0 Å². The molecule has 1 aliphatic rings. The summed E-state index contributed by atoms with van der Waals surface area (Å²) in [5, 5.41) is 3.92. The maximum absolute atomic E-state index is 11.8. The highest BCUT2D eigenvalue weighted by Crippen LogP contribution is 2.40.